The van der Waals surface area contributed by atoms with Gasteiger partial charge in [0.1, 0.15) is 23.7 Å². The van der Waals surface area contributed by atoms with Gasteiger partial charge < -0.3 is 15.0 Å². The number of pyridine rings is 1. The second-order valence-corrected chi connectivity index (χ2v) is 13.2. The quantitative estimate of drug-likeness (QED) is 0.174. The first-order valence-electron chi connectivity index (χ1n) is 17.0. The molecule has 1 aromatic carbocycles. The zero-order valence-corrected chi connectivity index (χ0v) is 29.5. The van der Waals surface area contributed by atoms with Crippen LogP contribution in [0.25, 0.3) is 16.6 Å². The number of carbonyl (C=O) groups excluding carboxylic acids is 1. The zero-order chi connectivity index (χ0) is 33.7. The summed E-state index contributed by atoms with van der Waals surface area (Å²) in [7, 11) is 2.09. The van der Waals surface area contributed by atoms with Crippen LogP contribution in [0.4, 0.5) is 5.69 Å². The minimum atomic E-state index is -0.228. The molecule has 4 heterocycles. The molecule has 0 atom stereocenters. The molecular weight excluding hydrogens is 588 g/mol. The maximum Gasteiger partial charge on any atom is 0.274 e. The SMILES string of the molecule is CCC(C)=C(C=CN(C)C(C)C)Cn1nc(C)c2c(NC(=O)c3cnc4cc(OCCN5CCN(C(C)C)CC5)ccn34)cccc21. The van der Waals surface area contributed by atoms with E-state index in [-0.39, 0.29) is 5.91 Å². The lowest BCUT2D eigenvalue weighted by Gasteiger charge is -2.36. The van der Waals surface area contributed by atoms with Crippen LogP contribution >= 0.6 is 0 Å². The highest BCUT2D eigenvalue weighted by Gasteiger charge is 2.20. The van der Waals surface area contributed by atoms with Crippen molar-refractivity contribution in [2.24, 2.45) is 0 Å². The number of nitrogens with one attached hydrogen (secondary N) is 1. The fourth-order valence-electron chi connectivity index (χ4n) is 5.95. The first kappa shape index (κ1) is 34.2. The van der Waals surface area contributed by atoms with Crippen molar-refractivity contribution < 1.29 is 9.53 Å². The van der Waals surface area contributed by atoms with Crippen LogP contribution in [0.3, 0.4) is 0 Å². The summed E-state index contributed by atoms with van der Waals surface area (Å²) in [4.78, 5) is 25.3. The maximum absolute atomic E-state index is 13.6. The highest BCUT2D eigenvalue weighted by molar-refractivity contribution is 6.08. The van der Waals surface area contributed by atoms with Crippen LogP contribution in [-0.2, 0) is 6.54 Å². The monoisotopic (exact) mass is 640 g/mol. The Hall–Kier alpha value is -4.15. The Bertz CT molecular complexity index is 1740. The second kappa shape index (κ2) is 15.2. The summed E-state index contributed by atoms with van der Waals surface area (Å²) >= 11 is 0. The molecule has 1 amide bonds. The van der Waals surface area contributed by atoms with Crippen molar-refractivity contribution in [3.05, 3.63) is 77.5 Å². The van der Waals surface area contributed by atoms with Crippen LogP contribution in [0.5, 0.6) is 5.75 Å². The van der Waals surface area contributed by atoms with Gasteiger partial charge in [0.25, 0.3) is 5.91 Å². The molecule has 1 fully saturated rings. The van der Waals surface area contributed by atoms with Gasteiger partial charge in [-0.15, -0.1) is 0 Å². The van der Waals surface area contributed by atoms with Crippen LogP contribution < -0.4 is 10.1 Å². The number of nitrogens with zero attached hydrogens (tertiary/aromatic N) is 7. The molecule has 252 valence electrons. The number of aryl methyl sites for hydroxylation is 1. The molecule has 0 unspecified atom stereocenters. The number of fused-ring (bicyclic) bond motifs is 2. The summed E-state index contributed by atoms with van der Waals surface area (Å²) in [6.45, 7) is 21.7. The van der Waals surface area contributed by atoms with Crippen molar-refractivity contribution in [1.29, 1.82) is 0 Å². The molecule has 0 saturated carbocycles. The molecule has 3 aromatic heterocycles. The molecule has 0 radical (unpaired) electrons. The van der Waals surface area contributed by atoms with Gasteiger partial charge >= 0.3 is 0 Å². The van der Waals surface area contributed by atoms with E-state index >= 15 is 0 Å². The Morgan fingerprint density at radius 3 is 2.60 bits per heavy atom. The summed E-state index contributed by atoms with van der Waals surface area (Å²) in [5, 5.41) is 8.99. The number of amides is 1. The molecule has 4 aromatic rings. The van der Waals surface area contributed by atoms with Crippen molar-refractivity contribution >= 4 is 28.1 Å². The van der Waals surface area contributed by atoms with Gasteiger partial charge in [-0.3, -0.25) is 23.7 Å². The number of hydrogen-bond acceptors (Lipinski definition) is 7. The molecule has 0 spiro atoms. The Balaban J connectivity index is 1.27. The molecule has 1 aliphatic heterocycles. The molecule has 0 bridgehead atoms. The Labute approximate surface area is 279 Å². The van der Waals surface area contributed by atoms with Crippen molar-refractivity contribution in [2.45, 2.75) is 73.5 Å². The third-order valence-electron chi connectivity index (χ3n) is 9.46. The summed E-state index contributed by atoms with van der Waals surface area (Å²) < 4.78 is 9.92. The Kier molecular flexibility index (Phi) is 11.0. The number of benzene rings is 1. The molecule has 47 heavy (non-hydrogen) atoms. The van der Waals surface area contributed by atoms with Crippen molar-refractivity contribution in [1.82, 2.24) is 33.9 Å². The maximum atomic E-state index is 13.6. The summed E-state index contributed by atoms with van der Waals surface area (Å²) in [6, 6.07) is 10.8. The Morgan fingerprint density at radius 2 is 1.89 bits per heavy atom. The van der Waals surface area contributed by atoms with Gasteiger partial charge in [-0.05, 0) is 84.0 Å². The summed E-state index contributed by atoms with van der Waals surface area (Å²) in [5.74, 6) is 0.523. The molecule has 0 aliphatic carbocycles. The second-order valence-electron chi connectivity index (χ2n) is 13.2. The fraction of sp³-hybridized carbons (Fsp3) is 0.486. The van der Waals surface area contributed by atoms with Crippen LogP contribution in [0.15, 0.2) is 66.1 Å². The number of aromatic nitrogens is 4. The number of carbonyl (C=O) groups is 1. The third-order valence-corrected chi connectivity index (χ3v) is 9.46. The largest absolute Gasteiger partial charge is 0.492 e. The Morgan fingerprint density at radius 1 is 1.13 bits per heavy atom. The minimum Gasteiger partial charge on any atom is -0.492 e. The highest BCUT2D eigenvalue weighted by Crippen LogP contribution is 2.29. The van der Waals surface area contributed by atoms with Crippen LogP contribution in [-0.4, -0.2) is 98.2 Å². The van der Waals surface area contributed by atoms with Gasteiger partial charge in [-0.2, -0.15) is 5.10 Å². The number of hydrogen-bond donors (Lipinski definition) is 1. The number of imidazole rings is 1. The van der Waals surface area contributed by atoms with E-state index in [1.165, 1.54) is 11.1 Å². The summed E-state index contributed by atoms with van der Waals surface area (Å²) in [6.07, 6.45) is 8.78. The predicted molar refractivity (Wildman–Crippen MR) is 191 cm³/mol. The molecule has 5 rings (SSSR count). The lowest BCUT2D eigenvalue weighted by molar-refractivity contribution is 0.0971. The molecule has 1 N–H and O–H groups in total. The summed E-state index contributed by atoms with van der Waals surface area (Å²) in [5.41, 5.74) is 6.27. The van der Waals surface area contributed by atoms with E-state index in [1.807, 2.05) is 42.1 Å². The normalized spacial score (nSPS) is 15.4. The number of piperazine rings is 1. The number of rotatable bonds is 13. The molecule has 10 heteroatoms. The average molecular weight is 641 g/mol. The van der Waals surface area contributed by atoms with Gasteiger partial charge in [-0.1, -0.05) is 18.6 Å². The smallest absolute Gasteiger partial charge is 0.274 e. The van der Waals surface area contributed by atoms with Gasteiger partial charge in [0.15, 0.2) is 0 Å². The van der Waals surface area contributed by atoms with E-state index < -0.39 is 0 Å². The fourth-order valence-corrected chi connectivity index (χ4v) is 5.95. The van der Waals surface area contributed by atoms with Crippen molar-refractivity contribution in [2.75, 3.05) is 51.7 Å². The average Bonchev–Trinajstić information content (AvgIpc) is 3.63. The first-order chi connectivity index (χ1) is 22.5. The molecule has 10 nitrogen and oxygen atoms in total. The highest BCUT2D eigenvalue weighted by atomic mass is 16.5. The van der Waals surface area contributed by atoms with Gasteiger partial charge in [0, 0.05) is 69.5 Å². The van der Waals surface area contributed by atoms with Crippen molar-refractivity contribution in [3.8, 4) is 5.75 Å². The number of anilines is 1. The minimum absolute atomic E-state index is 0.228. The van der Waals surface area contributed by atoms with E-state index in [1.54, 1.807) is 10.6 Å². The van der Waals surface area contributed by atoms with Crippen LogP contribution in [0.1, 0.15) is 64.1 Å². The van der Waals surface area contributed by atoms with Crippen molar-refractivity contribution in [3.63, 3.8) is 0 Å². The molecule has 1 saturated heterocycles. The molecule has 1 aliphatic rings. The number of allylic oxidation sites excluding steroid dienone is 3. The van der Waals surface area contributed by atoms with Gasteiger partial charge in [0.2, 0.25) is 0 Å². The van der Waals surface area contributed by atoms with E-state index in [0.29, 0.717) is 36.6 Å². The third kappa shape index (κ3) is 8.05. The topological polar surface area (TPSA) is 83.2 Å². The lowest BCUT2D eigenvalue weighted by Crippen LogP contribution is -2.49. The van der Waals surface area contributed by atoms with Gasteiger partial charge in [0.05, 0.1) is 29.6 Å². The van der Waals surface area contributed by atoms with E-state index in [2.05, 4.69) is 91.9 Å². The van der Waals surface area contributed by atoms with Crippen LogP contribution in [0.2, 0.25) is 0 Å². The zero-order valence-electron chi connectivity index (χ0n) is 29.5. The first-order valence-corrected chi connectivity index (χ1v) is 17.0. The van der Waals surface area contributed by atoms with E-state index in [0.717, 1.165) is 67.2 Å². The van der Waals surface area contributed by atoms with E-state index in [9.17, 15) is 4.79 Å². The predicted octanol–water partition coefficient (Wildman–Crippen LogP) is 6.23. The number of ether oxygens (including phenoxy) is 1. The lowest BCUT2D eigenvalue weighted by atomic mass is 10.1. The molecular formula is C37H52N8O2. The van der Waals surface area contributed by atoms with E-state index in [4.69, 9.17) is 9.84 Å². The van der Waals surface area contributed by atoms with Gasteiger partial charge in [-0.25, -0.2) is 4.98 Å². The van der Waals surface area contributed by atoms with Crippen LogP contribution in [0, 0.1) is 6.92 Å². The standard InChI is InChI=1S/C37H52N8O2/c1-9-28(6)30(13-15-41(8)26(2)3)25-45-33-12-10-11-32(36(33)29(7)40-45)39-37(46)34-24-38-35-23-31(14-16-44(34)35)47-22-21-42-17-19-43(20-18-42)27(4)5/h10-16,23-24,26-27H,9,17-22,25H2,1-8H3,(H,39,46).